The molecule has 0 radical (unpaired) electrons. The molecule has 5 rings (SSSR count). The van der Waals surface area contributed by atoms with Crippen molar-refractivity contribution in [2.75, 3.05) is 24.5 Å². The third-order valence-electron chi connectivity index (χ3n) is 6.41. The van der Waals surface area contributed by atoms with Crippen molar-refractivity contribution in [2.45, 2.75) is 25.7 Å². The molecule has 0 saturated carbocycles. The molecular formula is C28H28ClN3O. The molecule has 1 aliphatic heterocycles. The summed E-state index contributed by atoms with van der Waals surface area (Å²) in [4.78, 5) is 18.9. The molecule has 2 N–H and O–H groups in total. The van der Waals surface area contributed by atoms with Crippen LogP contribution in [0.5, 0.6) is 0 Å². The number of anilines is 1. The van der Waals surface area contributed by atoms with Gasteiger partial charge in [-0.2, -0.15) is 0 Å². The summed E-state index contributed by atoms with van der Waals surface area (Å²) in [5, 5.41) is 4.70. The first-order valence-electron chi connectivity index (χ1n) is 11.7. The maximum atomic E-state index is 13.2. The SMILES string of the molecule is O=C(NCCc1ccc(N2CCCCC2)cc1)c1[nH]c2ccc(Cl)cc2c1-c1ccccc1. The van der Waals surface area contributed by atoms with Gasteiger partial charge in [0.25, 0.3) is 5.91 Å². The van der Waals surface area contributed by atoms with Gasteiger partial charge in [-0.15, -0.1) is 0 Å². The second-order valence-electron chi connectivity index (χ2n) is 8.65. The van der Waals surface area contributed by atoms with Gasteiger partial charge in [0.05, 0.1) is 0 Å². The maximum absolute atomic E-state index is 13.2. The minimum Gasteiger partial charge on any atom is -0.372 e. The number of benzene rings is 3. The summed E-state index contributed by atoms with van der Waals surface area (Å²) >= 11 is 6.26. The quantitative estimate of drug-likeness (QED) is 0.349. The molecule has 0 unspecified atom stereocenters. The molecule has 4 nitrogen and oxygen atoms in total. The third-order valence-corrected chi connectivity index (χ3v) is 6.64. The summed E-state index contributed by atoms with van der Waals surface area (Å²) in [6.07, 6.45) is 4.68. The summed E-state index contributed by atoms with van der Waals surface area (Å²) in [5.41, 5.74) is 5.87. The minimum atomic E-state index is -0.105. The molecule has 168 valence electrons. The predicted molar refractivity (Wildman–Crippen MR) is 137 cm³/mol. The van der Waals surface area contributed by atoms with Crippen LogP contribution in [0.2, 0.25) is 5.02 Å². The molecular weight excluding hydrogens is 430 g/mol. The fourth-order valence-corrected chi connectivity index (χ4v) is 4.85. The molecule has 4 aromatic rings. The topological polar surface area (TPSA) is 48.1 Å². The first-order valence-corrected chi connectivity index (χ1v) is 12.1. The lowest BCUT2D eigenvalue weighted by molar-refractivity contribution is 0.0950. The van der Waals surface area contributed by atoms with Crippen molar-refractivity contribution in [3.05, 3.63) is 89.1 Å². The van der Waals surface area contributed by atoms with Gasteiger partial charge in [-0.1, -0.05) is 54.1 Å². The van der Waals surface area contributed by atoms with E-state index in [0.717, 1.165) is 41.5 Å². The Kier molecular flexibility index (Phi) is 6.36. The molecule has 1 amide bonds. The Labute approximate surface area is 199 Å². The van der Waals surface area contributed by atoms with Gasteiger partial charge in [0, 0.05) is 46.8 Å². The Balaban J connectivity index is 1.30. The number of aromatic amines is 1. The number of carbonyl (C=O) groups is 1. The molecule has 2 heterocycles. The van der Waals surface area contributed by atoms with E-state index in [2.05, 4.69) is 39.5 Å². The number of nitrogens with zero attached hydrogens (tertiary/aromatic N) is 1. The predicted octanol–water partition coefficient (Wildman–Crippen LogP) is 6.45. The molecule has 1 fully saturated rings. The number of hydrogen-bond acceptors (Lipinski definition) is 2. The number of rotatable bonds is 6. The van der Waals surface area contributed by atoms with Crippen LogP contribution >= 0.6 is 11.6 Å². The highest BCUT2D eigenvalue weighted by Gasteiger charge is 2.19. The number of aromatic nitrogens is 1. The molecule has 1 saturated heterocycles. The van der Waals surface area contributed by atoms with Crippen LogP contribution in [0.1, 0.15) is 35.3 Å². The van der Waals surface area contributed by atoms with E-state index < -0.39 is 0 Å². The fraction of sp³-hybridized carbons (Fsp3) is 0.250. The van der Waals surface area contributed by atoms with Crippen LogP contribution in [-0.4, -0.2) is 30.5 Å². The van der Waals surface area contributed by atoms with Crippen LogP contribution < -0.4 is 10.2 Å². The Morgan fingerprint density at radius 1 is 0.939 bits per heavy atom. The number of hydrogen-bond donors (Lipinski definition) is 2. The van der Waals surface area contributed by atoms with Crippen molar-refractivity contribution < 1.29 is 4.79 Å². The third kappa shape index (κ3) is 4.76. The number of piperidine rings is 1. The summed E-state index contributed by atoms with van der Waals surface area (Å²) < 4.78 is 0. The molecule has 0 bridgehead atoms. The summed E-state index contributed by atoms with van der Waals surface area (Å²) in [5.74, 6) is -0.105. The van der Waals surface area contributed by atoms with E-state index in [9.17, 15) is 4.79 Å². The van der Waals surface area contributed by atoms with Crippen molar-refractivity contribution in [1.82, 2.24) is 10.3 Å². The van der Waals surface area contributed by atoms with Crippen LogP contribution in [-0.2, 0) is 6.42 Å². The second-order valence-corrected chi connectivity index (χ2v) is 9.09. The normalized spacial score (nSPS) is 13.9. The van der Waals surface area contributed by atoms with Gasteiger partial charge in [0.15, 0.2) is 0 Å². The largest absolute Gasteiger partial charge is 0.372 e. The van der Waals surface area contributed by atoms with Gasteiger partial charge >= 0.3 is 0 Å². The lowest BCUT2D eigenvalue weighted by atomic mass is 10.0. The van der Waals surface area contributed by atoms with Gasteiger partial charge in [0.2, 0.25) is 0 Å². The number of nitrogens with one attached hydrogen (secondary N) is 2. The van der Waals surface area contributed by atoms with E-state index >= 15 is 0 Å². The van der Waals surface area contributed by atoms with Crippen molar-refractivity contribution in [1.29, 1.82) is 0 Å². The number of carbonyl (C=O) groups excluding carboxylic acids is 1. The van der Waals surface area contributed by atoms with E-state index in [-0.39, 0.29) is 5.91 Å². The van der Waals surface area contributed by atoms with Crippen LogP contribution in [0.15, 0.2) is 72.8 Å². The maximum Gasteiger partial charge on any atom is 0.268 e. The van der Waals surface area contributed by atoms with Crippen molar-refractivity contribution in [2.24, 2.45) is 0 Å². The molecule has 1 aromatic heterocycles. The van der Waals surface area contributed by atoms with Gasteiger partial charge in [-0.3, -0.25) is 4.79 Å². The molecule has 0 atom stereocenters. The summed E-state index contributed by atoms with van der Waals surface area (Å²) in [6.45, 7) is 2.87. The Hall–Kier alpha value is -3.24. The smallest absolute Gasteiger partial charge is 0.268 e. The first-order chi connectivity index (χ1) is 16.2. The van der Waals surface area contributed by atoms with Crippen LogP contribution in [0.25, 0.3) is 22.0 Å². The van der Waals surface area contributed by atoms with Crippen molar-refractivity contribution >= 4 is 34.1 Å². The van der Waals surface area contributed by atoms with Crippen molar-refractivity contribution in [3.63, 3.8) is 0 Å². The lowest BCUT2D eigenvalue weighted by Gasteiger charge is -2.28. The van der Waals surface area contributed by atoms with Gasteiger partial charge in [-0.05, 0) is 67.1 Å². The first kappa shape index (κ1) is 21.6. The average Bonchev–Trinajstić information content (AvgIpc) is 3.24. The number of amides is 1. The second kappa shape index (κ2) is 9.72. The molecule has 33 heavy (non-hydrogen) atoms. The number of halogens is 1. The Morgan fingerprint density at radius 3 is 2.45 bits per heavy atom. The highest BCUT2D eigenvalue weighted by molar-refractivity contribution is 6.31. The van der Waals surface area contributed by atoms with E-state index in [1.807, 2.05) is 48.5 Å². The lowest BCUT2D eigenvalue weighted by Crippen LogP contribution is -2.29. The van der Waals surface area contributed by atoms with Crippen LogP contribution in [0, 0.1) is 0 Å². The van der Waals surface area contributed by atoms with E-state index in [4.69, 9.17) is 11.6 Å². The summed E-state index contributed by atoms with van der Waals surface area (Å²) in [7, 11) is 0. The van der Waals surface area contributed by atoms with Crippen LogP contribution in [0.4, 0.5) is 5.69 Å². The van der Waals surface area contributed by atoms with E-state index in [0.29, 0.717) is 17.3 Å². The van der Waals surface area contributed by atoms with Gasteiger partial charge in [-0.25, -0.2) is 0 Å². The Bertz CT molecular complexity index is 1240. The summed E-state index contributed by atoms with van der Waals surface area (Å²) in [6, 6.07) is 24.4. The van der Waals surface area contributed by atoms with Gasteiger partial charge in [0.1, 0.15) is 5.69 Å². The molecule has 5 heteroatoms. The fourth-order valence-electron chi connectivity index (χ4n) is 4.67. The van der Waals surface area contributed by atoms with Gasteiger partial charge < -0.3 is 15.2 Å². The van der Waals surface area contributed by atoms with Crippen molar-refractivity contribution in [3.8, 4) is 11.1 Å². The zero-order valence-corrected chi connectivity index (χ0v) is 19.4. The zero-order valence-electron chi connectivity index (χ0n) is 18.6. The van der Waals surface area contributed by atoms with E-state index in [1.165, 1.54) is 30.5 Å². The highest BCUT2D eigenvalue weighted by atomic mass is 35.5. The Morgan fingerprint density at radius 2 is 1.70 bits per heavy atom. The average molecular weight is 458 g/mol. The standard InChI is InChI=1S/C28H28ClN3O/c29-22-11-14-25-24(19-22)26(21-7-3-1-4-8-21)27(31-25)28(33)30-16-15-20-9-12-23(13-10-20)32-17-5-2-6-18-32/h1,3-4,7-14,19,31H,2,5-6,15-18H2,(H,30,33). The van der Waals surface area contributed by atoms with Crippen LogP contribution in [0.3, 0.4) is 0 Å². The van der Waals surface area contributed by atoms with E-state index in [1.54, 1.807) is 0 Å². The monoisotopic (exact) mass is 457 g/mol. The minimum absolute atomic E-state index is 0.105. The number of H-pyrrole nitrogens is 1. The number of fused-ring (bicyclic) bond motifs is 1. The molecule has 0 aliphatic carbocycles. The zero-order chi connectivity index (χ0) is 22.6. The molecule has 3 aromatic carbocycles. The molecule has 0 spiro atoms. The highest BCUT2D eigenvalue weighted by Crippen LogP contribution is 2.34. The molecule has 1 aliphatic rings.